The largest absolute Gasteiger partial charge is 0.493 e. The van der Waals surface area contributed by atoms with E-state index in [2.05, 4.69) is 47.9 Å². The average molecular weight is 272 g/mol. The fraction of sp³-hybridized carbons (Fsp3) is 0.500. The van der Waals surface area contributed by atoms with Gasteiger partial charge in [-0.2, -0.15) is 0 Å². The van der Waals surface area contributed by atoms with Crippen LogP contribution >= 0.6 is 15.9 Å². The molecule has 0 saturated carbocycles. The van der Waals surface area contributed by atoms with Crippen molar-refractivity contribution in [2.24, 2.45) is 0 Å². The van der Waals surface area contributed by atoms with E-state index >= 15 is 0 Å². The van der Waals surface area contributed by atoms with Gasteiger partial charge in [0.1, 0.15) is 5.75 Å². The van der Waals surface area contributed by atoms with Crippen molar-refractivity contribution < 1.29 is 4.74 Å². The highest BCUT2D eigenvalue weighted by Crippen LogP contribution is 2.22. The molecule has 1 aromatic rings. The zero-order valence-electron chi connectivity index (χ0n) is 9.59. The third-order valence-corrected chi connectivity index (χ3v) is 2.65. The highest BCUT2D eigenvalue weighted by atomic mass is 79.9. The van der Waals surface area contributed by atoms with Crippen LogP contribution in [0.3, 0.4) is 0 Å². The quantitative estimate of drug-likeness (QED) is 0.764. The van der Waals surface area contributed by atoms with Crippen LogP contribution in [0.1, 0.15) is 12.0 Å². The Labute approximate surface area is 100 Å². The third-order valence-electron chi connectivity index (χ3n) is 2.16. The molecule has 3 heteroatoms. The Balaban J connectivity index is 2.40. The normalized spacial score (nSPS) is 10.7. The van der Waals surface area contributed by atoms with E-state index in [0.717, 1.165) is 29.8 Å². The lowest BCUT2D eigenvalue weighted by Crippen LogP contribution is -2.15. The second-order valence-electron chi connectivity index (χ2n) is 3.92. The van der Waals surface area contributed by atoms with Gasteiger partial charge in [0.2, 0.25) is 0 Å². The van der Waals surface area contributed by atoms with Gasteiger partial charge in [0, 0.05) is 11.0 Å². The molecular formula is C12H18BrNO. The van der Waals surface area contributed by atoms with E-state index in [-0.39, 0.29) is 0 Å². The molecule has 15 heavy (non-hydrogen) atoms. The number of rotatable bonds is 5. The van der Waals surface area contributed by atoms with Crippen molar-refractivity contribution in [3.63, 3.8) is 0 Å². The number of aryl methyl sites for hydroxylation is 1. The summed E-state index contributed by atoms with van der Waals surface area (Å²) in [6.07, 6.45) is 1.05. The molecule has 0 fully saturated rings. The van der Waals surface area contributed by atoms with Crippen LogP contribution in [0.4, 0.5) is 0 Å². The lowest BCUT2D eigenvalue weighted by molar-refractivity contribution is 0.280. The minimum absolute atomic E-state index is 0.773. The van der Waals surface area contributed by atoms with Gasteiger partial charge in [0.25, 0.3) is 0 Å². The summed E-state index contributed by atoms with van der Waals surface area (Å²) in [6, 6.07) is 6.11. The average Bonchev–Trinajstić information content (AvgIpc) is 2.17. The molecule has 0 unspecified atom stereocenters. The zero-order valence-corrected chi connectivity index (χ0v) is 11.2. The summed E-state index contributed by atoms with van der Waals surface area (Å²) in [5, 5.41) is 0. The maximum absolute atomic E-state index is 5.71. The molecule has 0 saturated heterocycles. The predicted molar refractivity (Wildman–Crippen MR) is 67.5 cm³/mol. The van der Waals surface area contributed by atoms with Crippen LogP contribution in [-0.4, -0.2) is 32.1 Å². The molecule has 2 nitrogen and oxygen atoms in total. The van der Waals surface area contributed by atoms with Crippen molar-refractivity contribution in [3.8, 4) is 5.75 Å². The Bertz CT molecular complexity index is 312. The highest BCUT2D eigenvalue weighted by Gasteiger charge is 2.00. The van der Waals surface area contributed by atoms with Crippen LogP contribution in [0.2, 0.25) is 0 Å². The lowest BCUT2D eigenvalue weighted by Gasteiger charge is -2.12. The maximum atomic E-state index is 5.71. The van der Waals surface area contributed by atoms with Crippen LogP contribution in [0.5, 0.6) is 5.75 Å². The fourth-order valence-corrected chi connectivity index (χ4v) is 1.63. The number of benzene rings is 1. The molecule has 1 aromatic carbocycles. The summed E-state index contributed by atoms with van der Waals surface area (Å²) in [6.45, 7) is 3.90. The number of halogens is 1. The van der Waals surface area contributed by atoms with Gasteiger partial charge < -0.3 is 9.64 Å². The fourth-order valence-electron chi connectivity index (χ4n) is 1.29. The van der Waals surface area contributed by atoms with Gasteiger partial charge in [-0.1, -0.05) is 22.0 Å². The lowest BCUT2D eigenvalue weighted by atomic mass is 10.2. The Morgan fingerprint density at radius 1 is 1.33 bits per heavy atom. The second kappa shape index (κ2) is 6.13. The van der Waals surface area contributed by atoms with E-state index in [4.69, 9.17) is 4.74 Å². The number of hydrogen-bond donors (Lipinski definition) is 0. The second-order valence-corrected chi connectivity index (χ2v) is 4.83. The van der Waals surface area contributed by atoms with Crippen LogP contribution in [0.15, 0.2) is 22.7 Å². The first-order valence-corrected chi connectivity index (χ1v) is 5.92. The van der Waals surface area contributed by atoms with Gasteiger partial charge >= 0.3 is 0 Å². The van der Waals surface area contributed by atoms with Gasteiger partial charge in [-0.25, -0.2) is 0 Å². The number of hydrogen-bond acceptors (Lipinski definition) is 2. The topological polar surface area (TPSA) is 12.5 Å². The molecule has 1 rings (SSSR count). The van der Waals surface area contributed by atoms with E-state index in [9.17, 15) is 0 Å². The van der Waals surface area contributed by atoms with Crippen molar-refractivity contribution in [2.45, 2.75) is 13.3 Å². The van der Waals surface area contributed by atoms with E-state index in [1.54, 1.807) is 0 Å². The molecule has 0 atom stereocenters. The van der Waals surface area contributed by atoms with E-state index in [0.29, 0.717) is 0 Å². The minimum Gasteiger partial charge on any atom is -0.493 e. The van der Waals surface area contributed by atoms with Gasteiger partial charge in [-0.3, -0.25) is 0 Å². The molecular weight excluding hydrogens is 254 g/mol. The van der Waals surface area contributed by atoms with Crippen molar-refractivity contribution in [1.82, 2.24) is 4.90 Å². The Morgan fingerprint density at radius 3 is 2.73 bits per heavy atom. The first kappa shape index (κ1) is 12.5. The van der Waals surface area contributed by atoms with Crippen molar-refractivity contribution in [2.75, 3.05) is 27.2 Å². The molecule has 0 bridgehead atoms. The van der Waals surface area contributed by atoms with Crippen molar-refractivity contribution in [1.29, 1.82) is 0 Å². The van der Waals surface area contributed by atoms with E-state index in [1.807, 2.05) is 12.1 Å². The predicted octanol–water partition coefficient (Wildman–Crippen LogP) is 3.09. The highest BCUT2D eigenvalue weighted by molar-refractivity contribution is 9.10. The number of ether oxygens (including phenoxy) is 1. The SMILES string of the molecule is Cc1ccc(Br)cc1OCCCN(C)C. The third kappa shape index (κ3) is 4.67. The van der Waals surface area contributed by atoms with E-state index < -0.39 is 0 Å². The smallest absolute Gasteiger partial charge is 0.123 e. The summed E-state index contributed by atoms with van der Waals surface area (Å²) in [5.74, 6) is 0.975. The summed E-state index contributed by atoms with van der Waals surface area (Å²) in [7, 11) is 4.15. The minimum atomic E-state index is 0.773. The first-order chi connectivity index (χ1) is 7.09. The summed E-state index contributed by atoms with van der Waals surface area (Å²) in [4.78, 5) is 2.16. The zero-order chi connectivity index (χ0) is 11.3. The summed E-state index contributed by atoms with van der Waals surface area (Å²) < 4.78 is 6.78. The van der Waals surface area contributed by atoms with Crippen LogP contribution in [0, 0.1) is 6.92 Å². The molecule has 0 aliphatic carbocycles. The van der Waals surface area contributed by atoms with Crippen molar-refractivity contribution in [3.05, 3.63) is 28.2 Å². The molecule has 84 valence electrons. The van der Waals surface area contributed by atoms with Gasteiger partial charge in [0.05, 0.1) is 6.61 Å². The molecule has 0 aromatic heterocycles. The van der Waals surface area contributed by atoms with Crippen LogP contribution < -0.4 is 4.74 Å². The number of nitrogens with zero attached hydrogens (tertiary/aromatic N) is 1. The molecule has 0 amide bonds. The molecule has 0 aliphatic rings. The first-order valence-electron chi connectivity index (χ1n) is 5.13. The van der Waals surface area contributed by atoms with Crippen LogP contribution in [0.25, 0.3) is 0 Å². The van der Waals surface area contributed by atoms with E-state index in [1.165, 1.54) is 5.56 Å². The van der Waals surface area contributed by atoms with Gasteiger partial charge in [0.15, 0.2) is 0 Å². The summed E-state index contributed by atoms with van der Waals surface area (Å²) in [5.41, 5.74) is 1.18. The Kier molecular flexibility index (Phi) is 5.12. The van der Waals surface area contributed by atoms with Gasteiger partial charge in [-0.05, 0) is 45.1 Å². The molecule has 0 heterocycles. The Morgan fingerprint density at radius 2 is 2.07 bits per heavy atom. The molecule has 0 radical (unpaired) electrons. The maximum Gasteiger partial charge on any atom is 0.123 e. The van der Waals surface area contributed by atoms with Crippen LogP contribution in [-0.2, 0) is 0 Å². The monoisotopic (exact) mass is 271 g/mol. The molecule has 0 aliphatic heterocycles. The Hall–Kier alpha value is -0.540. The van der Waals surface area contributed by atoms with Crippen molar-refractivity contribution >= 4 is 15.9 Å². The van der Waals surface area contributed by atoms with Gasteiger partial charge in [-0.15, -0.1) is 0 Å². The molecule has 0 spiro atoms. The standard InChI is InChI=1S/C12H18BrNO/c1-10-5-6-11(13)9-12(10)15-8-4-7-14(2)3/h5-6,9H,4,7-8H2,1-3H3. The summed E-state index contributed by atoms with van der Waals surface area (Å²) >= 11 is 3.44. The molecule has 0 N–H and O–H groups in total.